The molecule has 1 aromatic carbocycles. The number of aryl methyl sites for hydroxylation is 2. The van der Waals surface area contributed by atoms with Crippen LogP contribution in [0.3, 0.4) is 0 Å². The molecule has 0 radical (unpaired) electrons. The number of hydrogen-bond acceptors (Lipinski definition) is 2. The van der Waals surface area contributed by atoms with Crippen molar-refractivity contribution in [1.29, 1.82) is 0 Å². The van der Waals surface area contributed by atoms with Crippen LogP contribution in [0.25, 0.3) is 0 Å². The zero-order chi connectivity index (χ0) is 9.14. The van der Waals surface area contributed by atoms with Crippen LogP contribution in [0.15, 0.2) is 18.2 Å². The molecular formula is C10H15NO. The van der Waals surface area contributed by atoms with Crippen molar-refractivity contribution in [3.63, 3.8) is 0 Å². The zero-order valence-corrected chi connectivity index (χ0v) is 7.54. The highest BCUT2D eigenvalue weighted by molar-refractivity contribution is 5.31. The van der Waals surface area contributed by atoms with Gasteiger partial charge in [0.25, 0.3) is 0 Å². The van der Waals surface area contributed by atoms with Crippen LogP contribution in [0.5, 0.6) is 0 Å². The van der Waals surface area contributed by atoms with Gasteiger partial charge >= 0.3 is 0 Å². The van der Waals surface area contributed by atoms with Crippen LogP contribution < -0.4 is 5.73 Å². The van der Waals surface area contributed by atoms with E-state index in [1.54, 1.807) is 0 Å². The lowest BCUT2D eigenvalue weighted by Gasteiger charge is -2.10. The summed E-state index contributed by atoms with van der Waals surface area (Å²) in [6.45, 7) is 4.11. The molecule has 1 atom stereocenters. The Balaban J connectivity index is 2.96. The number of hydrogen-bond donors (Lipinski definition) is 2. The summed E-state index contributed by atoms with van der Waals surface area (Å²) in [5.41, 5.74) is 9.14. The molecule has 1 rings (SSSR count). The zero-order valence-electron chi connectivity index (χ0n) is 7.54. The Hall–Kier alpha value is -0.860. The van der Waals surface area contributed by atoms with E-state index in [0.717, 1.165) is 5.56 Å². The Kier molecular flexibility index (Phi) is 2.84. The number of nitrogens with two attached hydrogens (primary N) is 1. The fourth-order valence-electron chi connectivity index (χ4n) is 1.10. The molecule has 0 fully saturated rings. The van der Waals surface area contributed by atoms with Gasteiger partial charge in [0, 0.05) is 0 Å². The van der Waals surface area contributed by atoms with Gasteiger partial charge < -0.3 is 10.8 Å². The summed E-state index contributed by atoms with van der Waals surface area (Å²) < 4.78 is 0. The van der Waals surface area contributed by atoms with Gasteiger partial charge in [-0.3, -0.25) is 0 Å². The fourth-order valence-corrected chi connectivity index (χ4v) is 1.10. The maximum absolute atomic E-state index is 8.82. The van der Waals surface area contributed by atoms with Gasteiger partial charge in [-0.1, -0.05) is 18.2 Å². The Bertz CT molecular complexity index is 271. The first-order valence-corrected chi connectivity index (χ1v) is 4.08. The summed E-state index contributed by atoms with van der Waals surface area (Å²) in [5.74, 6) is 0. The van der Waals surface area contributed by atoms with E-state index >= 15 is 0 Å². The van der Waals surface area contributed by atoms with E-state index in [9.17, 15) is 0 Å². The van der Waals surface area contributed by atoms with Crippen molar-refractivity contribution in [2.75, 3.05) is 6.61 Å². The standard InChI is InChI=1S/C10H15NO/c1-7-3-4-9(5-8(7)2)10(11)6-12/h3-5,10,12H,6,11H2,1-2H3/t10-/m1/s1. The first kappa shape index (κ1) is 9.23. The molecule has 3 N–H and O–H groups in total. The van der Waals surface area contributed by atoms with E-state index in [4.69, 9.17) is 10.8 Å². The molecule has 0 unspecified atom stereocenters. The quantitative estimate of drug-likeness (QED) is 0.693. The first-order chi connectivity index (χ1) is 5.65. The molecule has 2 nitrogen and oxygen atoms in total. The second-order valence-electron chi connectivity index (χ2n) is 3.13. The van der Waals surface area contributed by atoms with Crippen LogP contribution >= 0.6 is 0 Å². The number of aliphatic hydroxyl groups is 1. The fraction of sp³-hybridized carbons (Fsp3) is 0.400. The third-order valence-corrected chi connectivity index (χ3v) is 2.16. The first-order valence-electron chi connectivity index (χ1n) is 4.08. The number of rotatable bonds is 2. The summed E-state index contributed by atoms with van der Waals surface area (Å²) in [6, 6.07) is 5.77. The third-order valence-electron chi connectivity index (χ3n) is 2.16. The molecule has 66 valence electrons. The SMILES string of the molecule is Cc1ccc([C@H](N)CO)cc1C. The Morgan fingerprint density at radius 1 is 1.33 bits per heavy atom. The third kappa shape index (κ3) is 1.84. The average molecular weight is 165 g/mol. The van der Waals surface area contributed by atoms with Gasteiger partial charge in [0.1, 0.15) is 0 Å². The highest BCUT2D eigenvalue weighted by Crippen LogP contribution is 2.14. The molecule has 0 saturated carbocycles. The van der Waals surface area contributed by atoms with Crippen LogP contribution in [-0.2, 0) is 0 Å². The Morgan fingerprint density at radius 2 is 2.00 bits per heavy atom. The van der Waals surface area contributed by atoms with Crippen molar-refractivity contribution >= 4 is 0 Å². The predicted octanol–water partition coefficient (Wildman–Crippen LogP) is 1.30. The van der Waals surface area contributed by atoms with Crippen molar-refractivity contribution in [2.45, 2.75) is 19.9 Å². The summed E-state index contributed by atoms with van der Waals surface area (Å²) >= 11 is 0. The smallest absolute Gasteiger partial charge is 0.0624 e. The summed E-state index contributed by atoms with van der Waals surface area (Å²) in [4.78, 5) is 0. The molecule has 0 bridgehead atoms. The van der Waals surface area contributed by atoms with E-state index in [1.807, 2.05) is 25.1 Å². The summed E-state index contributed by atoms with van der Waals surface area (Å²) in [7, 11) is 0. The van der Waals surface area contributed by atoms with Gasteiger partial charge in [0.2, 0.25) is 0 Å². The second kappa shape index (κ2) is 3.70. The lowest BCUT2D eigenvalue weighted by atomic mass is 10.0. The topological polar surface area (TPSA) is 46.2 Å². The van der Waals surface area contributed by atoms with Crippen molar-refractivity contribution < 1.29 is 5.11 Å². The lowest BCUT2D eigenvalue weighted by molar-refractivity contribution is 0.268. The minimum atomic E-state index is -0.246. The highest BCUT2D eigenvalue weighted by Gasteiger charge is 2.04. The molecule has 0 spiro atoms. The van der Waals surface area contributed by atoms with E-state index in [0.29, 0.717) is 0 Å². The van der Waals surface area contributed by atoms with E-state index < -0.39 is 0 Å². The molecular weight excluding hydrogens is 150 g/mol. The second-order valence-corrected chi connectivity index (χ2v) is 3.13. The van der Waals surface area contributed by atoms with Crippen molar-refractivity contribution in [3.05, 3.63) is 34.9 Å². The van der Waals surface area contributed by atoms with E-state index in [-0.39, 0.29) is 12.6 Å². The summed E-state index contributed by atoms with van der Waals surface area (Å²) in [5, 5.41) is 8.82. The average Bonchev–Trinajstić information content (AvgIpc) is 2.08. The van der Waals surface area contributed by atoms with Gasteiger partial charge in [-0.15, -0.1) is 0 Å². The Labute approximate surface area is 73.0 Å². The van der Waals surface area contributed by atoms with Gasteiger partial charge in [0.15, 0.2) is 0 Å². The molecule has 0 heterocycles. The molecule has 2 heteroatoms. The minimum Gasteiger partial charge on any atom is -0.394 e. The van der Waals surface area contributed by atoms with Crippen molar-refractivity contribution in [2.24, 2.45) is 5.73 Å². The molecule has 12 heavy (non-hydrogen) atoms. The van der Waals surface area contributed by atoms with Gasteiger partial charge in [-0.05, 0) is 30.5 Å². The van der Waals surface area contributed by atoms with Crippen LogP contribution in [-0.4, -0.2) is 11.7 Å². The van der Waals surface area contributed by atoms with Gasteiger partial charge in [0.05, 0.1) is 12.6 Å². The maximum Gasteiger partial charge on any atom is 0.0624 e. The lowest BCUT2D eigenvalue weighted by Crippen LogP contribution is -2.14. The van der Waals surface area contributed by atoms with Crippen molar-refractivity contribution in [3.8, 4) is 0 Å². The number of aliphatic hydroxyl groups excluding tert-OH is 1. The molecule has 0 aromatic heterocycles. The molecule has 0 amide bonds. The predicted molar refractivity (Wildman–Crippen MR) is 49.9 cm³/mol. The van der Waals surface area contributed by atoms with Crippen LogP contribution in [0.2, 0.25) is 0 Å². The molecule has 0 aliphatic carbocycles. The van der Waals surface area contributed by atoms with E-state index in [1.165, 1.54) is 11.1 Å². The van der Waals surface area contributed by atoms with Crippen LogP contribution in [0, 0.1) is 13.8 Å². The summed E-state index contributed by atoms with van der Waals surface area (Å²) in [6.07, 6.45) is 0. The maximum atomic E-state index is 8.82. The number of benzene rings is 1. The molecule has 0 aliphatic rings. The van der Waals surface area contributed by atoms with Gasteiger partial charge in [-0.25, -0.2) is 0 Å². The van der Waals surface area contributed by atoms with Crippen molar-refractivity contribution in [1.82, 2.24) is 0 Å². The van der Waals surface area contributed by atoms with Crippen LogP contribution in [0.1, 0.15) is 22.7 Å². The molecule has 0 saturated heterocycles. The minimum absolute atomic E-state index is 0.00248. The monoisotopic (exact) mass is 165 g/mol. The highest BCUT2D eigenvalue weighted by atomic mass is 16.3. The largest absolute Gasteiger partial charge is 0.394 e. The Morgan fingerprint density at radius 3 is 2.50 bits per heavy atom. The normalized spacial score (nSPS) is 13.0. The van der Waals surface area contributed by atoms with Gasteiger partial charge in [-0.2, -0.15) is 0 Å². The molecule has 1 aromatic rings. The van der Waals surface area contributed by atoms with E-state index in [2.05, 4.69) is 6.92 Å². The van der Waals surface area contributed by atoms with Crippen LogP contribution in [0.4, 0.5) is 0 Å². The molecule has 0 aliphatic heterocycles.